The molecule has 1 aliphatic rings. The summed E-state index contributed by atoms with van der Waals surface area (Å²) in [6.45, 7) is 5.37. The summed E-state index contributed by atoms with van der Waals surface area (Å²) in [4.78, 5) is 11.6. The van der Waals surface area contributed by atoms with E-state index >= 15 is 0 Å². The van der Waals surface area contributed by atoms with Gasteiger partial charge in [0.15, 0.2) is 0 Å². The molecule has 0 bridgehead atoms. The normalized spacial score (nSPS) is 17.8. The van der Waals surface area contributed by atoms with Gasteiger partial charge < -0.3 is 10.1 Å². The number of hydrogen-bond acceptors (Lipinski definition) is 6. The Labute approximate surface area is 193 Å². The lowest BCUT2D eigenvalue weighted by atomic mass is 10.2. The topological polar surface area (TPSA) is 110 Å². The van der Waals surface area contributed by atoms with Gasteiger partial charge in [-0.05, 0) is 57.5 Å². The second-order valence-corrected chi connectivity index (χ2v) is 12.7. The summed E-state index contributed by atoms with van der Waals surface area (Å²) in [6, 6.07) is 10.9. The molecule has 0 aromatic heterocycles. The van der Waals surface area contributed by atoms with E-state index in [1.54, 1.807) is 39.0 Å². The average Bonchev–Trinajstić information content (AvgIpc) is 3.16. The van der Waals surface area contributed by atoms with Gasteiger partial charge >= 0.3 is 6.09 Å². The lowest BCUT2D eigenvalue weighted by Gasteiger charge is -2.22. The van der Waals surface area contributed by atoms with E-state index in [0.717, 1.165) is 6.07 Å². The molecular formula is C21H25ClN2O6S2. The maximum absolute atomic E-state index is 13.2. The van der Waals surface area contributed by atoms with Gasteiger partial charge in [-0.25, -0.2) is 21.6 Å². The van der Waals surface area contributed by atoms with Crippen LogP contribution in [-0.2, 0) is 24.6 Å². The summed E-state index contributed by atoms with van der Waals surface area (Å²) < 4.78 is 58.7. The van der Waals surface area contributed by atoms with Crippen LogP contribution in [0.1, 0.15) is 27.2 Å². The molecule has 1 saturated heterocycles. The largest absolute Gasteiger partial charge is 0.444 e. The lowest BCUT2D eigenvalue weighted by molar-refractivity contribution is 0.0507. The number of carbonyl (C=O) groups excluding carboxylic acids is 1. The fraction of sp³-hybridized carbons (Fsp3) is 0.381. The van der Waals surface area contributed by atoms with E-state index in [1.165, 1.54) is 28.6 Å². The monoisotopic (exact) mass is 500 g/mol. The average molecular weight is 501 g/mol. The molecule has 2 aromatic rings. The molecule has 2 aromatic carbocycles. The molecule has 8 nitrogen and oxygen atoms in total. The van der Waals surface area contributed by atoms with Crippen molar-refractivity contribution in [3.05, 3.63) is 53.6 Å². The van der Waals surface area contributed by atoms with E-state index in [9.17, 15) is 21.6 Å². The predicted molar refractivity (Wildman–Crippen MR) is 120 cm³/mol. The number of amides is 1. The van der Waals surface area contributed by atoms with E-state index in [1.807, 2.05) is 0 Å². The fourth-order valence-corrected chi connectivity index (χ4v) is 6.64. The minimum atomic E-state index is -4.09. The Bertz CT molecular complexity index is 1210. The first-order valence-electron chi connectivity index (χ1n) is 9.90. The zero-order valence-electron chi connectivity index (χ0n) is 17.9. The number of rotatable bonds is 5. The lowest BCUT2D eigenvalue weighted by Crippen LogP contribution is -2.41. The second-order valence-electron chi connectivity index (χ2n) is 8.40. The molecule has 1 heterocycles. The highest BCUT2D eigenvalue weighted by molar-refractivity contribution is 7.91. The molecule has 0 saturated carbocycles. The van der Waals surface area contributed by atoms with Crippen LogP contribution in [0.25, 0.3) is 0 Å². The van der Waals surface area contributed by atoms with Crippen molar-refractivity contribution < 1.29 is 26.4 Å². The zero-order chi connectivity index (χ0) is 23.7. The summed E-state index contributed by atoms with van der Waals surface area (Å²) in [5, 5.41) is 2.58. The van der Waals surface area contributed by atoms with Crippen molar-refractivity contribution in [2.45, 2.75) is 53.5 Å². The Kier molecular flexibility index (Phi) is 6.90. The van der Waals surface area contributed by atoms with E-state index < -0.39 is 37.6 Å². The first-order valence-corrected chi connectivity index (χ1v) is 13.2. The van der Waals surface area contributed by atoms with Crippen LogP contribution in [0.4, 0.5) is 4.79 Å². The number of sulfonamides is 1. The first-order chi connectivity index (χ1) is 14.8. The Morgan fingerprint density at radius 1 is 1.06 bits per heavy atom. The second kappa shape index (κ2) is 9.01. The van der Waals surface area contributed by atoms with Crippen LogP contribution in [0.3, 0.4) is 0 Å². The Hall–Kier alpha value is -2.14. The molecule has 0 radical (unpaired) electrons. The molecule has 1 N–H and O–H groups in total. The third kappa shape index (κ3) is 5.43. The third-order valence-electron chi connectivity index (χ3n) is 4.76. The fourth-order valence-electron chi connectivity index (χ4n) is 3.26. The number of halogens is 1. The predicted octanol–water partition coefficient (Wildman–Crippen LogP) is 3.46. The maximum atomic E-state index is 13.2. The number of hydrogen-bond donors (Lipinski definition) is 1. The van der Waals surface area contributed by atoms with Crippen LogP contribution in [0.5, 0.6) is 0 Å². The van der Waals surface area contributed by atoms with Crippen LogP contribution >= 0.6 is 11.6 Å². The van der Waals surface area contributed by atoms with Crippen molar-refractivity contribution in [1.29, 1.82) is 0 Å². The van der Waals surface area contributed by atoms with Gasteiger partial charge in [-0.3, -0.25) is 0 Å². The van der Waals surface area contributed by atoms with Crippen molar-refractivity contribution in [3.63, 3.8) is 0 Å². The number of benzene rings is 2. The summed E-state index contributed by atoms with van der Waals surface area (Å²) in [5.74, 6) is 0. The standard InChI is InChI=1S/C21H25ClN2O6S2/c1-21(2,3)30-20(25)23-15-11-12-24(14-15)32(28,29)19-13-17(9-10-18(19)22)31(26,27)16-7-5-4-6-8-16/h4-10,13,15H,11-12,14H2,1-3H3,(H,23,25). The number of nitrogens with one attached hydrogen (secondary N) is 1. The van der Waals surface area contributed by atoms with Crippen LogP contribution in [-0.4, -0.2) is 52.0 Å². The smallest absolute Gasteiger partial charge is 0.407 e. The Balaban J connectivity index is 1.83. The van der Waals surface area contributed by atoms with Crippen LogP contribution in [0, 0.1) is 0 Å². The molecule has 0 spiro atoms. The van der Waals surface area contributed by atoms with Gasteiger partial charge in [0.1, 0.15) is 10.5 Å². The molecule has 1 atom stereocenters. The van der Waals surface area contributed by atoms with Gasteiger partial charge in [-0.15, -0.1) is 0 Å². The van der Waals surface area contributed by atoms with E-state index in [-0.39, 0.29) is 32.8 Å². The molecule has 174 valence electrons. The van der Waals surface area contributed by atoms with E-state index in [2.05, 4.69) is 5.32 Å². The van der Waals surface area contributed by atoms with Gasteiger partial charge in [0, 0.05) is 19.1 Å². The van der Waals surface area contributed by atoms with Crippen molar-refractivity contribution in [2.75, 3.05) is 13.1 Å². The minimum Gasteiger partial charge on any atom is -0.444 e. The summed E-state index contributed by atoms with van der Waals surface area (Å²) in [6.07, 6.45) is -0.242. The molecule has 1 amide bonds. The van der Waals surface area contributed by atoms with Gasteiger partial charge in [0.05, 0.1) is 14.8 Å². The number of ether oxygens (including phenoxy) is 1. The molecule has 11 heteroatoms. The third-order valence-corrected chi connectivity index (χ3v) is 8.87. The summed E-state index contributed by atoms with van der Waals surface area (Å²) in [5.41, 5.74) is -0.674. The van der Waals surface area contributed by atoms with Crippen molar-refractivity contribution in [1.82, 2.24) is 9.62 Å². The Morgan fingerprint density at radius 3 is 2.34 bits per heavy atom. The van der Waals surface area contributed by atoms with Crippen molar-refractivity contribution >= 4 is 37.6 Å². The molecule has 32 heavy (non-hydrogen) atoms. The van der Waals surface area contributed by atoms with Crippen LogP contribution in [0.15, 0.2) is 63.2 Å². The van der Waals surface area contributed by atoms with E-state index in [4.69, 9.17) is 16.3 Å². The Morgan fingerprint density at radius 2 is 1.72 bits per heavy atom. The maximum Gasteiger partial charge on any atom is 0.407 e. The van der Waals surface area contributed by atoms with Crippen LogP contribution in [0.2, 0.25) is 5.02 Å². The minimum absolute atomic E-state index is 0.0214. The first kappa shape index (κ1) is 24.5. The molecular weight excluding hydrogens is 476 g/mol. The molecule has 1 aliphatic heterocycles. The quantitative estimate of drug-likeness (QED) is 0.673. The molecule has 3 rings (SSSR count). The highest BCUT2D eigenvalue weighted by atomic mass is 35.5. The van der Waals surface area contributed by atoms with Gasteiger partial charge in [0.25, 0.3) is 0 Å². The molecule has 0 aliphatic carbocycles. The summed E-state index contributed by atoms with van der Waals surface area (Å²) in [7, 11) is -8.01. The van der Waals surface area contributed by atoms with Gasteiger partial charge in [-0.2, -0.15) is 4.31 Å². The van der Waals surface area contributed by atoms with Crippen LogP contribution < -0.4 is 5.32 Å². The highest BCUT2D eigenvalue weighted by Gasteiger charge is 2.36. The van der Waals surface area contributed by atoms with Gasteiger partial charge in [-0.1, -0.05) is 29.8 Å². The number of carbonyl (C=O) groups is 1. The molecule has 1 unspecified atom stereocenters. The number of sulfone groups is 1. The summed E-state index contributed by atoms with van der Waals surface area (Å²) >= 11 is 6.16. The van der Waals surface area contributed by atoms with Gasteiger partial charge in [0.2, 0.25) is 19.9 Å². The highest BCUT2D eigenvalue weighted by Crippen LogP contribution is 2.31. The van der Waals surface area contributed by atoms with Crippen molar-refractivity contribution in [2.24, 2.45) is 0 Å². The van der Waals surface area contributed by atoms with Crippen molar-refractivity contribution in [3.8, 4) is 0 Å². The SMILES string of the molecule is CC(C)(C)OC(=O)NC1CCN(S(=O)(=O)c2cc(S(=O)(=O)c3ccccc3)ccc2Cl)C1. The number of alkyl carbamates (subject to hydrolysis) is 1. The zero-order valence-corrected chi connectivity index (χ0v) is 20.3. The van der Waals surface area contributed by atoms with E-state index in [0.29, 0.717) is 6.42 Å². The number of nitrogens with zero attached hydrogens (tertiary/aromatic N) is 1. The molecule has 1 fully saturated rings.